The van der Waals surface area contributed by atoms with E-state index in [9.17, 15) is 0 Å². The lowest BCUT2D eigenvalue weighted by Crippen LogP contribution is -2.55. The SMILES string of the molecule is Clc1cc(Cl)c(B(c2c(Cl)cc(Cl)c(Cl)c2Cl)c2c(Cl)cc(Cl)c(Cl)c2Cl)c(Cl)c1Cl. The van der Waals surface area contributed by atoms with Crippen LogP contribution < -0.4 is 16.4 Å². The van der Waals surface area contributed by atoms with Crippen LogP contribution in [0.15, 0.2) is 18.2 Å². The molecule has 0 saturated heterocycles. The van der Waals surface area contributed by atoms with Crippen LogP contribution in [0.3, 0.4) is 0 Å². The van der Waals surface area contributed by atoms with Crippen molar-refractivity contribution in [2.24, 2.45) is 0 Å². The monoisotopic (exact) mass is 650 g/mol. The predicted molar refractivity (Wildman–Crippen MR) is 144 cm³/mol. The molecule has 0 aromatic heterocycles. The van der Waals surface area contributed by atoms with Gasteiger partial charge in [0.25, 0.3) is 6.71 Å². The van der Waals surface area contributed by atoms with Gasteiger partial charge >= 0.3 is 0 Å². The maximum Gasteiger partial charge on any atom is 0.253 e. The minimum Gasteiger partial charge on any atom is -0.0848 e. The molecule has 0 atom stereocenters. The Labute approximate surface area is 238 Å². The fraction of sp³-hybridized carbons (Fsp3) is 0. The molecule has 0 aliphatic carbocycles. The Morgan fingerprint density at radius 1 is 0.323 bits per heavy atom. The zero-order valence-corrected chi connectivity index (χ0v) is 23.4. The highest BCUT2D eigenvalue weighted by Gasteiger charge is 2.37. The molecule has 0 saturated carbocycles. The second-order valence-electron chi connectivity index (χ2n) is 6.08. The van der Waals surface area contributed by atoms with Crippen LogP contribution in [0.1, 0.15) is 0 Å². The van der Waals surface area contributed by atoms with Gasteiger partial charge in [-0.2, -0.15) is 0 Å². The minimum atomic E-state index is -0.973. The molecule has 0 N–H and O–H groups in total. The third-order valence-corrected chi connectivity index (χ3v) is 9.08. The van der Waals surface area contributed by atoms with Gasteiger partial charge < -0.3 is 0 Å². The highest BCUT2D eigenvalue weighted by molar-refractivity contribution is 7.02. The Bertz CT molecular complexity index is 1070. The molecule has 0 aliphatic rings. The summed E-state index contributed by atoms with van der Waals surface area (Å²) >= 11 is 76.5. The maximum atomic E-state index is 6.56. The minimum absolute atomic E-state index is 0.0283. The largest absolute Gasteiger partial charge is 0.253 e. The van der Waals surface area contributed by atoms with Gasteiger partial charge in [-0.1, -0.05) is 139 Å². The van der Waals surface area contributed by atoms with Crippen LogP contribution in [0.2, 0.25) is 60.3 Å². The van der Waals surface area contributed by atoms with Gasteiger partial charge in [-0.15, -0.1) is 0 Å². The molecule has 3 rings (SSSR count). The van der Waals surface area contributed by atoms with Crippen LogP contribution >= 0.6 is 139 Å². The Morgan fingerprint density at radius 2 is 0.548 bits per heavy atom. The molecule has 0 fully saturated rings. The van der Waals surface area contributed by atoms with E-state index in [1.165, 1.54) is 18.2 Å². The lowest BCUT2D eigenvalue weighted by atomic mass is 9.36. The summed E-state index contributed by atoms with van der Waals surface area (Å²) in [6, 6.07) is 4.25. The smallest absolute Gasteiger partial charge is 0.0848 e. The van der Waals surface area contributed by atoms with Gasteiger partial charge in [-0.05, 0) is 34.6 Å². The van der Waals surface area contributed by atoms with E-state index < -0.39 is 6.71 Å². The zero-order chi connectivity index (χ0) is 23.4. The molecular weight excluding hydrogens is 652 g/mol. The molecule has 0 amide bonds. The van der Waals surface area contributed by atoms with Crippen molar-refractivity contribution in [2.45, 2.75) is 0 Å². The molecule has 13 heteroatoms. The number of benzene rings is 3. The summed E-state index contributed by atoms with van der Waals surface area (Å²) in [5.41, 5.74) is 0.798. The summed E-state index contributed by atoms with van der Waals surface area (Å²) in [6.07, 6.45) is 0. The number of halogens is 12. The highest BCUT2D eigenvalue weighted by atomic mass is 35.5. The second-order valence-corrected chi connectivity index (χ2v) is 10.8. The van der Waals surface area contributed by atoms with E-state index in [2.05, 4.69) is 0 Å². The first kappa shape index (κ1) is 26.8. The summed E-state index contributed by atoms with van der Waals surface area (Å²) < 4.78 is 0. The van der Waals surface area contributed by atoms with Gasteiger partial charge in [0.15, 0.2) is 0 Å². The van der Waals surface area contributed by atoms with Crippen molar-refractivity contribution in [1.29, 1.82) is 0 Å². The van der Waals surface area contributed by atoms with Crippen molar-refractivity contribution in [3.63, 3.8) is 0 Å². The lowest BCUT2D eigenvalue weighted by molar-refractivity contribution is 1.69. The summed E-state index contributed by atoms with van der Waals surface area (Å²) in [5.74, 6) is 0. The lowest BCUT2D eigenvalue weighted by Gasteiger charge is -2.24. The van der Waals surface area contributed by atoms with Crippen LogP contribution in [0.5, 0.6) is 0 Å². The van der Waals surface area contributed by atoms with Gasteiger partial charge in [-0.25, -0.2) is 0 Å². The standard InChI is InChI=1S/C18H3BCl12/c20-4-1-7(23)13(26)16(29)10(4)19(11-5(21)2-8(24)14(27)17(11)30)12-6(22)3-9(25)15(28)18(12)31/h1-3H. The number of rotatable bonds is 3. The fourth-order valence-electron chi connectivity index (χ4n) is 2.97. The Morgan fingerprint density at radius 3 is 0.774 bits per heavy atom. The van der Waals surface area contributed by atoms with Gasteiger partial charge in [-0.3, -0.25) is 0 Å². The molecular formula is C18H3BCl12. The molecule has 0 heterocycles. The Kier molecular flexibility index (Phi) is 9.03. The molecule has 3 aromatic rings. The molecule has 162 valence electrons. The summed E-state index contributed by atoms with van der Waals surface area (Å²) in [7, 11) is 0. The van der Waals surface area contributed by atoms with E-state index in [0.29, 0.717) is 0 Å². The first-order chi connectivity index (χ1) is 14.4. The molecule has 0 spiro atoms. The normalized spacial score (nSPS) is 11.2. The number of hydrogen-bond acceptors (Lipinski definition) is 0. The summed E-state index contributed by atoms with van der Waals surface area (Å²) in [4.78, 5) is 0. The van der Waals surface area contributed by atoms with Crippen LogP contribution in [0.25, 0.3) is 0 Å². The molecule has 0 radical (unpaired) electrons. The van der Waals surface area contributed by atoms with Crippen LogP contribution in [-0.2, 0) is 0 Å². The zero-order valence-electron chi connectivity index (χ0n) is 14.3. The second kappa shape index (κ2) is 10.4. The van der Waals surface area contributed by atoms with Crippen LogP contribution in [0, 0.1) is 0 Å². The average Bonchev–Trinajstić information content (AvgIpc) is 2.68. The molecule has 0 aliphatic heterocycles. The quantitative estimate of drug-likeness (QED) is 0.150. The maximum absolute atomic E-state index is 6.56. The van der Waals surface area contributed by atoms with E-state index in [4.69, 9.17) is 139 Å². The Hall–Kier alpha value is 1.20. The molecule has 0 nitrogen and oxygen atoms in total. The van der Waals surface area contributed by atoms with E-state index in [1.54, 1.807) is 0 Å². The first-order valence-electron chi connectivity index (χ1n) is 7.87. The van der Waals surface area contributed by atoms with E-state index in [1.807, 2.05) is 0 Å². The van der Waals surface area contributed by atoms with Crippen molar-refractivity contribution in [2.75, 3.05) is 0 Å². The fourth-order valence-corrected chi connectivity index (χ4v) is 6.38. The average molecular weight is 655 g/mol. The molecule has 3 aromatic carbocycles. The van der Waals surface area contributed by atoms with E-state index in [0.717, 1.165) is 0 Å². The highest BCUT2D eigenvalue weighted by Crippen LogP contribution is 2.38. The van der Waals surface area contributed by atoms with Crippen molar-refractivity contribution < 1.29 is 0 Å². The van der Waals surface area contributed by atoms with Crippen molar-refractivity contribution in [3.8, 4) is 0 Å². The van der Waals surface area contributed by atoms with E-state index in [-0.39, 0.29) is 76.7 Å². The molecule has 0 bridgehead atoms. The Balaban J connectivity index is 2.56. The van der Waals surface area contributed by atoms with Crippen molar-refractivity contribution in [1.82, 2.24) is 0 Å². The predicted octanol–water partition coefficient (Wildman–Crippen LogP) is 10.0. The van der Waals surface area contributed by atoms with Crippen LogP contribution in [0.4, 0.5) is 0 Å². The first-order valence-corrected chi connectivity index (χ1v) is 12.4. The van der Waals surface area contributed by atoms with Gasteiger partial charge in [0, 0.05) is 15.1 Å². The molecule has 31 heavy (non-hydrogen) atoms. The van der Waals surface area contributed by atoms with Crippen molar-refractivity contribution >= 4 is 162 Å². The van der Waals surface area contributed by atoms with Gasteiger partial charge in [0.1, 0.15) is 0 Å². The molecule has 0 unspecified atom stereocenters. The summed E-state index contributed by atoms with van der Waals surface area (Å²) in [6.45, 7) is -0.973. The van der Waals surface area contributed by atoms with Gasteiger partial charge in [0.05, 0.1) is 45.2 Å². The van der Waals surface area contributed by atoms with Gasteiger partial charge in [0.2, 0.25) is 0 Å². The number of hydrogen-bond donors (Lipinski definition) is 0. The third-order valence-electron chi connectivity index (χ3n) is 4.31. The van der Waals surface area contributed by atoms with Crippen molar-refractivity contribution in [3.05, 3.63) is 78.5 Å². The van der Waals surface area contributed by atoms with E-state index >= 15 is 0 Å². The topological polar surface area (TPSA) is 0 Å². The summed E-state index contributed by atoms with van der Waals surface area (Å²) in [5, 5.41) is 1.06. The third kappa shape index (κ3) is 4.97. The van der Waals surface area contributed by atoms with Crippen LogP contribution in [-0.4, -0.2) is 6.71 Å².